The molecule has 3 aromatic heterocycles. The average molecular weight is 437 g/mol. The van der Waals surface area contributed by atoms with Gasteiger partial charge in [-0.2, -0.15) is 0 Å². The van der Waals surface area contributed by atoms with Crippen LogP contribution in [0, 0.1) is 5.82 Å². The maximum absolute atomic E-state index is 14.4. The van der Waals surface area contributed by atoms with E-state index in [1.165, 1.54) is 18.5 Å². The third kappa shape index (κ3) is 3.86. The van der Waals surface area contributed by atoms with Gasteiger partial charge in [-0.1, -0.05) is 11.6 Å². The highest BCUT2D eigenvalue weighted by Gasteiger charge is 2.19. The minimum atomic E-state index is -0.371. The number of fused-ring (bicyclic) bond motifs is 1. The largest absolute Gasteiger partial charge is 0.370 e. The van der Waals surface area contributed by atoms with E-state index >= 15 is 0 Å². The fourth-order valence-corrected chi connectivity index (χ4v) is 4.28. The van der Waals surface area contributed by atoms with E-state index < -0.39 is 0 Å². The highest BCUT2D eigenvalue weighted by Crippen LogP contribution is 2.32. The number of hydrogen-bond acceptors (Lipinski definition) is 5. The molecule has 1 saturated heterocycles. The number of anilines is 1. The van der Waals surface area contributed by atoms with Crippen LogP contribution in [0.15, 0.2) is 48.9 Å². The molecule has 4 aromatic rings. The number of piperidine rings is 1. The van der Waals surface area contributed by atoms with Crippen molar-refractivity contribution in [3.8, 4) is 22.6 Å². The second-order valence-corrected chi connectivity index (χ2v) is 8.17. The van der Waals surface area contributed by atoms with Gasteiger partial charge in [0.05, 0.1) is 40.6 Å². The third-order valence-electron chi connectivity index (χ3n) is 5.87. The molecule has 31 heavy (non-hydrogen) atoms. The second-order valence-electron chi connectivity index (χ2n) is 7.73. The number of imidazole rings is 1. The Hall–Kier alpha value is -3.03. The van der Waals surface area contributed by atoms with E-state index in [0.29, 0.717) is 33.7 Å². The Kier molecular flexibility index (Phi) is 5.29. The highest BCUT2D eigenvalue weighted by atomic mass is 35.5. The lowest BCUT2D eigenvalue weighted by Gasteiger charge is -2.33. The number of rotatable bonds is 4. The summed E-state index contributed by atoms with van der Waals surface area (Å²) in [5.74, 6) is -0.371. The van der Waals surface area contributed by atoms with Crippen molar-refractivity contribution in [1.29, 1.82) is 0 Å². The Morgan fingerprint density at radius 2 is 1.94 bits per heavy atom. The maximum Gasteiger partial charge on any atom is 0.132 e. The standard InChI is InChI=1S/C23H22ClFN6/c1-26-15-6-8-31(9-7-15)16-11-21-19(27-12-16)4-5-20(30-21)23-22(28-13-29-23)17-10-14(24)2-3-18(17)25/h2-5,10-13,15,26H,6-9H2,1H3,(H,28,29). The molecule has 0 radical (unpaired) electrons. The third-order valence-corrected chi connectivity index (χ3v) is 6.11. The predicted octanol–water partition coefficient (Wildman–Crippen LogP) is 4.67. The number of aromatic amines is 1. The number of hydrogen-bond donors (Lipinski definition) is 2. The van der Waals surface area contributed by atoms with E-state index in [9.17, 15) is 4.39 Å². The van der Waals surface area contributed by atoms with Gasteiger partial charge in [0.1, 0.15) is 11.5 Å². The van der Waals surface area contributed by atoms with Crippen molar-refractivity contribution in [2.75, 3.05) is 25.0 Å². The molecule has 0 amide bonds. The maximum atomic E-state index is 14.4. The summed E-state index contributed by atoms with van der Waals surface area (Å²) in [6.07, 6.45) is 5.65. The lowest BCUT2D eigenvalue weighted by molar-refractivity contribution is 0.442. The molecule has 1 aliphatic heterocycles. The summed E-state index contributed by atoms with van der Waals surface area (Å²) in [4.78, 5) is 19.2. The van der Waals surface area contributed by atoms with Crippen LogP contribution in [-0.4, -0.2) is 46.1 Å². The zero-order chi connectivity index (χ0) is 21.4. The topological polar surface area (TPSA) is 69.7 Å². The van der Waals surface area contributed by atoms with Gasteiger partial charge in [0.25, 0.3) is 0 Å². The van der Waals surface area contributed by atoms with Crippen LogP contribution in [0.5, 0.6) is 0 Å². The van der Waals surface area contributed by atoms with Crippen molar-refractivity contribution < 1.29 is 4.39 Å². The van der Waals surface area contributed by atoms with Crippen molar-refractivity contribution in [3.63, 3.8) is 0 Å². The lowest BCUT2D eigenvalue weighted by Crippen LogP contribution is -2.41. The van der Waals surface area contributed by atoms with Crippen LogP contribution in [0.4, 0.5) is 10.1 Å². The molecular weight excluding hydrogens is 415 g/mol. The first kappa shape index (κ1) is 19.9. The van der Waals surface area contributed by atoms with Gasteiger partial charge in [-0.15, -0.1) is 0 Å². The molecule has 5 rings (SSSR count). The van der Waals surface area contributed by atoms with Crippen LogP contribution in [0.25, 0.3) is 33.7 Å². The van der Waals surface area contributed by atoms with E-state index in [1.807, 2.05) is 25.4 Å². The fraction of sp³-hybridized carbons (Fsp3) is 0.261. The molecule has 8 heteroatoms. The quantitative estimate of drug-likeness (QED) is 0.486. The highest BCUT2D eigenvalue weighted by molar-refractivity contribution is 6.30. The number of H-pyrrole nitrogens is 1. The molecule has 1 fully saturated rings. The first-order chi connectivity index (χ1) is 15.1. The van der Waals surface area contributed by atoms with E-state index in [0.717, 1.165) is 42.7 Å². The molecule has 2 N–H and O–H groups in total. The summed E-state index contributed by atoms with van der Waals surface area (Å²) in [6.45, 7) is 1.96. The molecule has 0 saturated carbocycles. The van der Waals surface area contributed by atoms with Crippen molar-refractivity contribution in [2.45, 2.75) is 18.9 Å². The van der Waals surface area contributed by atoms with Gasteiger partial charge in [0.2, 0.25) is 0 Å². The lowest BCUT2D eigenvalue weighted by atomic mass is 10.0. The molecule has 6 nitrogen and oxygen atoms in total. The van der Waals surface area contributed by atoms with Crippen LogP contribution in [0.2, 0.25) is 5.02 Å². The molecule has 1 aromatic carbocycles. The first-order valence-electron chi connectivity index (χ1n) is 10.3. The molecule has 158 valence electrons. The van der Waals surface area contributed by atoms with Gasteiger partial charge in [0.15, 0.2) is 0 Å². The Balaban J connectivity index is 1.51. The number of pyridine rings is 2. The number of halogens is 2. The second kappa shape index (κ2) is 8.24. The number of aromatic nitrogens is 4. The molecule has 0 atom stereocenters. The van der Waals surface area contributed by atoms with Crippen LogP contribution < -0.4 is 10.2 Å². The van der Waals surface area contributed by atoms with Crippen molar-refractivity contribution in [2.24, 2.45) is 0 Å². The van der Waals surface area contributed by atoms with E-state index in [1.54, 1.807) is 6.07 Å². The van der Waals surface area contributed by atoms with E-state index in [2.05, 4.69) is 31.2 Å². The van der Waals surface area contributed by atoms with Gasteiger partial charge in [-0.25, -0.2) is 14.4 Å². The zero-order valence-corrected chi connectivity index (χ0v) is 17.8. The zero-order valence-electron chi connectivity index (χ0n) is 17.1. The summed E-state index contributed by atoms with van der Waals surface area (Å²) in [5, 5.41) is 3.81. The summed E-state index contributed by atoms with van der Waals surface area (Å²) >= 11 is 6.09. The van der Waals surface area contributed by atoms with Gasteiger partial charge >= 0.3 is 0 Å². The Morgan fingerprint density at radius 3 is 2.74 bits per heavy atom. The van der Waals surface area contributed by atoms with Gasteiger partial charge in [-0.3, -0.25) is 4.98 Å². The van der Waals surface area contributed by atoms with Crippen LogP contribution >= 0.6 is 11.6 Å². The van der Waals surface area contributed by atoms with Gasteiger partial charge in [-0.05, 0) is 56.3 Å². The van der Waals surface area contributed by atoms with Crippen molar-refractivity contribution in [1.82, 2.24) is 25.3 Å². The SMILES string of the molecule is CNC1CCN(c2cnc3ccc(-c4nc[nH]c4-c4cc(Cl)ccc4F)nc3c2)CC1. The molecule has 1 aliphatic rings. The smallest absolute Gasteiger partial charge is 0.132 e. The van der Waals surface area contributed by atoms with Gasteiger partial charge < -0.3 is 15.2 Å². The predicted molar refractivity (Wildman–Crippen MR) is 122 cm³/mol. The van der Waals surface area contributed by atoms with Crippen molar-refractivity contribution >= 4 is 28.3 Å². The molecule has 0 unspecified atom stereocenters. The monoisotopic (exact) mass is 436 g/mol. The van der Waals surface area contributed by atoms with E-state index in [4.69, 9.17) is 16.6 Å². The first-order valence-corrected chi connectivity index (χ1v) is 10.7. The average Bonchev–Trinajstić information content (AvgIpc) is 3.29. The van der Waals surface area contributed by atoms with Crippen molar-refractivity contribution in [3.05, 3.63) is 59.8 Å². The number of nitrogens with one attached hydrogen (secondary N) is 2. The summed E-state index contributed by atoms with van der Waals surface area (Å²) in [5.41, 5.74) is 4.79. The van der Waals surface area contributed by atoms with Crippen LogP contribution in [0.3, 0.4) is 0 Å². The Morgan fingerprint density at radius 1 is 1.10 bits per heavy atom. The molecule has 0 aliphatic carbocycles. The summed E-state index contributed by atoms with van der Waals surface area (Å²) in [6, 6.07) is 10.9. The number of benzene rings is 1. The van der Waals surface area contributed by atoms with Crippen LogP contribution in [-0.2, 0) is 0 Å². The normalized spacial score (nSPS) is 15.0. The Labute approximate surface area is 184 Å². The van der Waals surface area contributed by atoms with Gasteiger partial charge in [0, 0.05) is 29.7 Å². The Bertz CT molecular complexity index is 1230. The fourth-order valence-electron chi connectivity index (χ4n) is 4.11. The summed E-state index contributed by atoms with van der Waals surface area (Å²) < 4.78 is 14.4. The molecule has 0 spiro atoms. The molecular formula is C23H22ClFN6. The van der Waals surface area contributed by atoms with E-state index in [-0.39, 0.29) is 5.82 Å². The summed E-state index contributed by atoms with van der Waals surface area (Å²) in [7, 11) is 2.02. The molecule has 0 bridgehead atoms. The molecule has 4 heterocycles. The minimum Gasteiger partial charge on any atom is -0.370 e. The minimum absolute atomic E-state index is 0.362. The number of nitrogens with zero attached hydrogens (tertiary/aromatic N) is 4. The van der Waals surface area contributed by atoms with Crippen LogP contribution in [0.1, 0.15) is 12.8 Å².